The largest absolute Gasteiger partial charge is 0.464 e. The molecule has 0 amide bonds. The normalized spacial score (nSPS) is 12.8. The minimum Gasteiger partial charge on any atom is -0.464 e. The monoisotopic (exact) mass is 404 g/mol. The van der Waals surface area contributed by atoms with Crippen LogP contribution >= 0.6 is 15.9 Å². The van der Waals surface area contributed by atoms with Gasteiger partial charge in [-0.2, -0.15) is 13.2 Å². The van der Waals surface area contributed by atoms with Gasteiger partial charge in [-0.1, -0.05) is 0 Å². The Labute approximate surface area is 145 Å². The molecule has 1 aromatic carbocycles. The number of alkyl halides is 3. The number of carbonyl (C=O) groups excluding carboxylic acids is 1. The molecule has 4 nitrogen and oxygen atoms in total. The van der Waals surface area contributed by atoms with Gasteiger partial charge in [0, 0.05) is 24.5 Å². The van der Waals surface area contributed by atoms with Crippen LogP contribution in [0.4, 0.5) is 18.9 Å². The summed E-state index contributed by atoms with van der Waals surface area (Å²) in [6.45, 7) is 2.31. The third kappa shape index (κ3) is 4.11. The predicted molar refractivity (Wildman–Crippen MR) is 88.1 cm³/mol. The second kappa shape index (κ2) is 7.29. The summed E-state index contributed by atoms with van der Waals surface area (Å²) in [5.41, 5.74) is 0.267. The second-order valence-electron chi connectivity index (χ2n) is 5.22. The Morgan fingerprint density at radius 3 is 2.46 bits per heavy atom. The van der Waals surface area contributed by atoms with Crippen molar-refractivity contribution in [2.45, 2.75) is 19.1 Å². The van der Waals surface area contributed by atoms with E-state index in [0.29, 0.717) is 22.4 Å². The Kier molecular flexibility index (Phi) is 5.58. The summed E-state index contributed by atoms with van der Waals surface area (Å²) in [6, 6.07) is 6.43. The number of rotatable bonds is 5. The van der Waals surface area contributed by atoms with E-state index in [9.17, 15) is 18.0 Å². The Bertz CT molecular complexity index is 711. The number of aromatic nitrogens is 1. The molecule has 0 saturated carbocycles. The molecule has 0 fully saturated rings. The van der Waals surface area contributed by atoms with Crippen molar-refractivity contribution < 1.29 is 22.7 Å². The number of esters is 1. The minimum atomic E-state index is -4.35. The fraction of sp³-hybridized carbons (Fsp3) is 0.312. The molecular weight excluding hydrogens is 389 g/mol. The number of hydrogen-bond donors (Lipinski definition) is 1. The van der Waals surface area contributed by atoms with Gasteiger partial charge in [-0.3, -0.25) is 0 Å². The summed E-state index contributed by atoms with van der Waals surface area (Å²) >= 11 is 3.30. The molecule has 1 heterocycles. The SMILES string of the molecule is COC(=O)c1c(Br)ccn1[C@@H](C)CNc1ccc(C(F)(F)F)cc1. The second-order valence-corrected chi connectivity index (χ2v) is 6.07. The molecule has 1 N–H and O–H groups in total. The number of ether oxygens (including phenoxy) is 1. The van der Waals surface area contributed by atoms with Gasteiger partial charge >= 0.3 is 12.1 Å². The van der Waals surface area contributed by atoms with Gasteiger partial charge in [0.2, 0.25) is 0 Å². The van der Waals surface area contributed by atoms with Crippen LogP contribution in [0.15, 0.2) is 41.0 Å². The van der Waals surface area contributed by atoms with Crippen LogP contribution in [0.5, 0.6) is 0 Å². The number of methoxy groups -OCH3 is 1. The van der Waals surface area contributed by atoms with Gasteiger partial charge in [0.1, 0.15) is 5.69 Å². The minimum absolute atomic E-state index is 0.118. The van der Waals surface area contributed by atoms with Crippen molar-refractivity contribution in [1.29, 1.82) is 0 Å². The van der Waals surface area contributed by atoms with Gasteiger partial charge in [-0.15, -0.1) is 0 Å². The van der Waals surface area contributed by atoms with Gasteiger partial charge in [0.15, 0.2) is 0 Å². The summed E-state index contributed by atoms with van der Waals surface area (Å²) in [4.78, 5) is 11.8. The smallest absolute Gasteiger partial charge is 0.416 e. The van der Waals surface area contributed by atoms with Crippen LogP contribution < -0.4 is 5.32 Å². The highest BCUT2D eigenvalue weighted by Crippen LogP contribution is 2.30. The highest BCUT2D eigenvalue weighted by Gasteiger charge is 2.29. The molecule has 0 spiro atoms. The lowest BCUT2D eigenvalue weighted by molar-refractivity contribution is -0.137. The van der Waals surface area contributed by atoms with E-state index in [2.05, 4.69) is 21.2 Å². The van der Waals surface area contributed by atoms with Crippen LogP contribution in [0.2, 0.25) is 0 Å². The summed E-state index contributed by atoms with van der Waals surface area (Å²) < 4.78 is 44.7. The molecular formula is C16H16BrF3N2O2. The zero-order valence-corrected chi connectivity index (χ0v) is 14.6. The summed E-state index contributed by atoms with van der Waals surface area (Å²) in [7, 11) is 1.30. The lowest BCUT2D eigenvalue weighted by atomic mass is 10.2. The van der Waals surface area contributed by atoms with Crippen LogP contribution in [-0.2, 0) is 10.9 Å². The molecule has 0 saturated heterocycles. The third-order valence-corrected chi connectivity index (χ3v) is 4.17. The zero-order valence-electron chi connectivity index (χ0n) is 13.0. The first kappa shape index (κ1) is 18.4. The lowest BCUT2D eigenvalue weighted by Gasteiger charge is -2.18. The van der Waals surface area contributed by atoms with E-state index in [1.165, 1.54) is 19.2 Å². The first-order valence-corrected chi connectivity index (χ1v) is 7.89. The van der Waals surface area contributed by atoms with Crippen molar-refractivity contribution >= 4 is 27.6 Å². The standard InChI is InChI=1S/C16H16BrF3N2O2/c1-10(22-8-7-13(17)14(22)15(23)24-2)9-21-12-5-3-11(4-6-12)16(18,19)20/h3-8,10,21H,9H2,1-2H3/t10-/m0/s1. The lowest BCUT2D eigenvalue weighted by Crippen LogP contribution is -2.20. The van der Waals surface area contributed by atoms with E-state index < -0.39 is 17.7 Å². The number of halogens is 4. The molecule has 130 valence electrons. The molecule has 1 aromatic heterocycles. The molecule has 0 aliphatic heterocycles. The fourth-order valence-corrected chi connectivity index (χ4v) is 2.72. The number of benzene rings is 1. The molecule has 2 aromatic rings. The molecule has 1 atom stereocenters. The number of hydrogen-bond acceptors (Lipinski definition) is 3. The summed E-state index contributed by atoms with van der Waals surface area (Å²) in [5.74, 6) is -0.465. The number of nitrogens with one attached hydrogen (secondary N) is 1. The van der Waals surface area contributed by atoms with Crippen molar-refractivity contribution in [3.63, 3.8) is 0 Å². The maximum atomic E-state index is 12.5. The Hall–Kier alpha value is -1.96. The van der Waals surface area contributed by atoms with Gasteiger partial charge in [0.05, 0.1) is 17.1 Å². The van der Waals surface area contributed by atoms with Crippen molar-refractivity contribution in [3.8, 4) is 0 Å². The van der Waals surface area contributed by atoms with Crippen molar-refractivity contribution in [3.05, 3.63) is 52.3 Å². The van der Waals surface area contributed by atoms with Crippen molar-refractivity contribution in [2.24, 2.45) is 0 Å². The maximum Gasteiger partial charge on any atom is 0.416 e. The summed E-state index contributed by atoms with van der Waals surface area (Å²) in [5, 5.41) is 3.06. The number of carbonyl (C=O) groups is 1. The highest BCUT2D eigenvalue weighted by molar-refractivity contribution is 9.10. The first-order valence-electron chi connectivity index (χ1n) is 7.09. The van der Waals surface area contributed by atoms with Gasteiger partial charge in [-0.25, -0.2) is 4.79 Å². The Morgan fingerprint density at radius 1 is 1.29 bits per heavy atom. The van der Waals surface area contributed by atoms with Crippen LogP contribution in [0.25, 0.3) is 0 Å². The quantitative estimate of drug-likeness (QED) is 0.732. The topological polar surface area (TPSA) is 43.3 Å². The summed E-state index contributed by atoms with van der Waals surface area (Å²) in [6.07, 6.45) is -2.60. The molecule has 0 aliphatic rings. The van der Waals surface area contributed by atoms with E-state index >= 15 is 0 Å². The Balaban J connectivity index is 2.06. The number of anilines is 1. The fourth-order valence-electron chi connectivity index (χ4n) is 2.23. The van der Waals surface area contributed by atoms with E-state index in [4.69, 9.17) is 4.74 Å². The zero-order chi connectivity index (χ0) is 17.9. The van der Waals surface area contributed by atoms with Gasteiger partial charge < -0.3 is 14.6 Å². The van der Waals surface area contributed by atoms with Crippen molar-refractivity contribution in [2.75, 3.05) is 19.0 Å². The van der Waals surface area contributed by atoms with Crippen LogP contribution in [0.3, 0.4) is 0 Å². The van der Waals surface area contributed by atoms with Crippen molar-refractivity contribution in [1.82, 2.24) is 4.57 Å². The molecule has 0 aliphatic carbocycles. The van der Waals surface area contributed by atoms with E-state index in [-0.39, 0.29) is 6.04 Å². The van der Waals surface area contributed by atoms with E-state index in [0.717, 1.165) is 12.1 Å². The van der Waals surface area contributed by atoms with E-state index in [1.54, 1.807) is 16.8 Å². The van der Waals surface area contributed by atoms with Crippen LogP contribution in [-0.4, -0.2) is 24.2 Å². The number of nitrogens with zero attached hydrogens (tertiary/aromatic N) is 1. The molecule has 0 unspecified atom stereocenters. The van der Waals surface area contributed by atoms with E-state index in [1.807, 2.05) is 6.92 Å². The average molecular weight is 405 g/mol. The van der Waals surface area contributed by atoms with Crippen LogP contribution in [0, 0.1) is 0 Å². The molecule has 8 heteroatoms. The van der Waals surface area contributed by atoms with Gasteiger partial charge in [-0.05, 0) is 53.2 Å². The third-order valence-electron chi connectivity index (χ3n) is 3.53. The molecule has 24 heavy (non-hydrogen) atoms. The van der Waals surface area contributed by atoms with Crippen LogP contribution in [0.1, 0.15) is 29.0 Å². The molecule has 2 rings (SSSR count). The molecule has 0 bridgehead atoms. The molecule has 0 radical (unpaired) electrons. The maximum absolute atomic E-state index is 12.5. The first-order chi connectivity index (χ1) is 11.2. The Morgan fingerprint density at radius 2 is 1.92 bits per heavy atom. The average Bonchev–Trinajstić information content (AvgIpc) is 2.93. The van der Waals surface area contributed by atoms with Gasteiger partial charge in [0.25, 0.3) is 0 Å². The predicted octanol–water partition coefficient (Wildman–Crippen LogP) is 4.73. The highest BCUT2D eigenvalue weighted by atomic mass is 79.9.